The number of H-pyrrole nitrogens is 1. The zero-order valence-corrected chi connectivity index (χ0v) is 17.7. The van der Waals surface area contributed by atoms with Crippen molar-refractivity contribution >= 4 is 29.1 Å². The van der Waals surface area contributed by atoms with E-state index in [9.17, 15) is 4.79 Å². The van der Waals surface area contributed by atoms with E-state index in [-0.39, 0.29) is 5.91 Å². The van der Waals surface area contributed by atoms with Gasteiger partial charge in [0.05, 0.1) is 10.7 Å². The average molecular weight is 429 g/mol. The Labute approximate surface area is 180 Å². The predicted octanol–water partition coefficient (Wildman–Crippen LogP) is 4.65. The van der Waals surface area contributed by atoms with Gasteiger partial charge in [0, 0.05) is 43.3 Å². The van der Waals surface area contributed by atoms with E-state index in [0.29, 0.717) is 34.5 Å². The molecule has 0 unspecified atom stereocenters. The van der Waals surface area contributed by atoms with Crippen molar-refractivity contribution in [1.29, 1.82) is 0 Å². The van der Waals surface area contributed by atoms with Gasteiger partial charge in [-0.2, -0.15) is 5.10 Å². The van der Waals surface area contributed by atoms with Gasteiger partial charge in [0.2, 0.25) is 0 Å². The maximum Gasteiger partial charge on any atom is 0.271 e. The SMILES string of the molecule is Cc1cccc(CN2CCN(C(=O)c3cc(-c4ccc(Cl)cc4Cl)n[nH]3)CC2)c1. The standard InChI is InChI=1S/C22H22Cl2N4O/c1-15-3-2-4-16(11-15)14-27-7-9-28(10-8-27)22(29)21-13-20(25-26-21)18-6-5-17(23)12-19(18)24/h2-6,11-13H,7-10,14H2,1H3,(H,25,26). The molecule has 5 nitrogen and oxygen atoms in total. The quantitative estimate of drug-likeness (QED) is 0.657. The second-order valence-corrected chi connectivity index (χ2v) is 8.19. The number of nitrogens with one attached hydrogen (secondary N) is 1. The lowest BCUT2D eigenvalue weighted by molar-refractivity contribution is 0.0622. The molecule has 2 heterocycles. The van der Waals surface area contributed by atoms with Crippen molar-refractivity contribution < 1.29 is 4.79 Å². The number of nitrogens with zero attached hydrogens (tertiary/aromatic N) is 3. The summed E-state index contributed by atoms with van der Waals surface area (Å²) >= 11 is 12.2. The highest BCUT2D eigenvalue weighted by molar-refractivity contribution is 6.36. The minimum atomic E-state index is -0.0379. The number of aromatic nitrogens is 2. The molecule has 0 aliphatic carbocycles. The Morgan fingerprint density at radius 3 is 2.59 bits per heavy atom. The number of hydrogen-bond donors (Lipinski definition) is 1. The molecule has 1 N–H and O–H groups in total. The summed E-state index contributed by atoms with van der Waals surface area (Å²) in [5.41, 5.74) is 4.43. The largest absolute Gasteiger partial charge is 0.335 e. The number of carbonyl (C=O) groups is 1. The normalized spacial score (nSPS) is 14.9. The first kappa shape index (κ1) is 20.0. The Morgan fingerprint density at radius 1 is 1.07 bits per heavy atom. The lowest BCUT2D eigenvalue weighted by atomic mass is 10.1. The van der Waals surface area contributed by atoms with Crippen molar-refractivity contribution in [2.24, 2.45) is 0 Å². The van der Waals surface area contributed by atoms with E-state index >= 15 is 0 Å². The Hall–Kier alpha value is -2.34. The van der Waals surface area contributed by atoms with E-state index in [0.717, 1.165) is 25.2 Å². The van der Waals surface area contributed by atoms with Gasteiger partial charge in [0.1, 0.15) is 5.69 Å². The highest BCUT2D eigenvalue weighted by Crippen LogP contribution is 2.29. The number of piperazine rings is 1. The Morgan fingerprint density at radius 2 is 1.86 bits per heavy atom. The van der Waals surface area contributed by atoms with Gasteiger partial charge in [-0.3, -0.25) is 14.8 Å². The molecule has 7 heteroatoms. The lowest BCUT2D eigenvalue weighted by Gasteiger charge is -2.34. The smallest absolute Gasteiger partial charge is 0.271 e. The van der Waals surface area contributed by atoms with Gasteiger partial charge in [0.25, 0.3) is 5.91 Å². The predicted molar refractivity (Wildman–Crippen MR) is 116 cm³/mol. The van der Waals surface area contributed by atoms with Gasteiger partial charge >= 0.3 is 0 Å². The fraction of sp³-hybridized carbons (Fsp3) is 0.273. The maximum absolute atomic E-state index is 12.9. The van der Waals surface area contributed by atoms with E-state index < -0.39 is 0 Å². The second-order valence-electron chi connectivity index (χ2n) is 7.35. The van der Waals surface area contributed by atoms with Crippen molar-refractivity contribution in [2.75, 3.05) is 26.2 Å². The van der Waals surface area contributed by atoms with Crippen LogP contribution in [0.4, 0.5) is 0 Å². The van der Waals surface area contributed by atoms with Gasteiger partial charge in [-0.05, 0) is 36.8 Å². The molecule has 2 aromatic carbocycles. The third kappa shape index (κ3) is 4.64. The van der Waals surface area contributed by atoms with E-state index in [4.69, 9.17) is 23.2 Å². The molecule has 0 bridgehead atoms. The fourth-order valence-electron chi connectivity index (χ4n) is 3.61. The highest BCUT2D eigenvalue weighted by Gasteiger charge is 2.24. The summed E-state index contributed by atoms with van der Waals surface area (Å²) in [5, 5.41) is 8.19. The minimum absolute atomic E-state index is 0.0379. The van der Waals surface area contributed by atoms with Gasteiger partial charge in [-0.15, -0.1) is 0 Å². The van der Waals surface area contributed by atoms with Gasteiger partial charge in [0.15, 0.2) is 0 Å². The lowest BCUT2D eigenvalue weighted by Crippen LogP contribution is -2.48. The molecule has 1 fully saturated rings. The second kappa shape index (κ2) is 8.57. The van der Waals surface area contributed by atoms with Crippen LogP contribution in [0.25, 0.3) is 11.3 Å². The van der Waals surface area contributed by atoms with Crippen molar-refractivity contribution in [1.82, 2.24) is 20.0 Å². The van der Waals surface area contributed by atoms with Crippen molar-refractivity contribution in [3.05, 3.63) is 75.4 Å². The van der Waals surface area contributed by atoms with Gasteiger partial charge < -0.3 is 4.90 Å². The summed E-state index contributed by atoms with van der Waals surface area (Å²) in [6, 6.07) is 15.5. The van der Waals surface area contributed by atoms with E-state index in [1.807, 2.05) is 4.90 Å². The molecular formula is C22H22Cl2N4O. The summed E-state index contributed by atoms with van der Waals surface area (Å²) in [4.78, 5) is 17.1. The molecule has 150 valence electrons. The molecule has 1 amide bonds. The summed E-state index contributed by atoms with van der Waals surface area (Å²) in [5.74, 6) is -0.0379. The fourth-order valence-corrected chi connectivity index (χ4v) is 4.12. The van der Waals surface area contributed by atoms with Gasteiger partial charge in [-0.1, -0.05) is 53.0 Å². The zero-order valence-electron chi connectivity index (χ0n) is 16.2. The summed E-state index contributed by atoms with van der Waals surface area (Å²) in [6.45, 7) is 6.11. The molecule has 1 aliphatic heterocycles. The third-order valence-corrected chi connectivity index (χ3v) is 5.71. The van der Waals surface area contributed by atoms with Crippen LogP contribution in [0.1, 0.15) is 21.6 Å². The molecule has 3 aromatic rings. The van der Waals surface area contributed by atoms with E-state index in [1.165, 1.54) is 11.1 Å². The molecule has 1 aromatic heterocycles. The Balaban J connectivity index is 1.38. The van der Waals surface area contributed by atoms with E-state index in [2.05, 4.69) is 46.3 Å². The highest BCUT2D eigenvalue weighted by atomic mass is 35.5. The third-order valence-electron chi connectivity index (χ3n) is 5.16. The summed E-state index contributed by atoms with van der Waals surface area (Å²) in [6.07, 6.45) is 0. The summed E-state index contributed by atoms with van der Waals surface area (Å²) < 4.78 is 0. The number of carbonyl (C=O) groups excluding carboxylic acids is 1. The summed E-state index contributed by atoms with van der Waals surface area (Å²) in [7, 11) is 0. The van der Waals surface area contributed by atoms with Crippen LogP contribution in [-0.4, -0.2) is 52.1 Å². The molecule has 0 spiro atoms. The number of aryl methyl sites for hydroxylation is 1. The molecule has 29 heavy (non-hydrogen) atoms. The molecule has 4 rings (SSSR count). The van der Waals surface area contributed by atoms with Gasteiger partial charge in [-0.25, -0.2) is 0 Å². The van der Waals surface area contributed by atoms with Crippen molar-refractivity contribution in [3.8, 4) is 11.3 Å². The number of aromatic amines is 1. The average Bonchev–Trinajstić information content (AvgIpc) is 3.18. The van der Waals surface area contributed by atoms with Crippen LogP contribution in [-0.2, 0) is 6.54 Å². The van der Waals surface area contributed by atoms with E-state index in [1.54, 1.807) is 24.3 Å². The zero-order chi connectivity index (χ0) is 20.4. The number of hydrogen-bond acceptors (Lipinski definition) is 3. The van der Waals surface area contributed by atoms with Crippen LogP contribution in [0.5, 0.6) is 0 Å². The number of halogens is 2. The van der Waals surface area contributed by atoms with Crippen molar-refractivity contribution in [2.45, 2.75) is 13.5 Å². The van der Waals surface area contributed by atoms with Crippen LogP contribution >= 0.6 is 23.2 Å². The first-order valence-corrected chi connectivity index (χ1v) is 10.3. The molecule has 0 saturated carbocycles. The maximum atomic E-state index is 12.9. The van der Waals surface area contributed by atoms with Crippen LogP contribution in [0.15, 0.2) is 48.5 Å². The van der Waals surface area contributed by atoms with Crippen LogP contribution in [0.2, 0.25) is 10.0 Å². The monoisotopic (exact) mass is 428 g/mol. The molecule has 0 radical (unpaired) electrons. The molecule has 1 aliphatic rings. The van der Waals surface area contributed by atoms with Crippen LogP contribution < -0.4 is 0 Å². The Bertz CT molecular complexity index is 1030. The topological polar surface area (TPSA) is 52.2 Å². The van der Waals surface area contributed by atoms with Crippen molar-refractivity contribution in [3.63, 3.8) is 0 Å². The first-order chi connectivity index (χ1) is 14.0. The first-order valence-electron chi connectivity index (χ1n) is 9.57. The molecule has 0 atom stereocenters. The molecular weight excluding hydrogens is 407 g/mol. The van der Waals surface area contributed by atoms with Crippen LogP contribution in [0, 0.1) is 6.92 Å². The number of rotatable bonds is 4. The number of amides is 1. The van der Waals surface area contributed by atoms with Crippen LogP contribution in [0.3, 0.4) is 0 Å². The number of benzene rings is 2. The Kier molecular flexibility index (Phi) is 5.90. The molecule has 1 saturated heterocycles. The minimum Gasteiger partial charge on any atom is -0.335 e.